The molecular weight excluding hydrogens is 380 g/mol. The molecule has 1 N–H and O–H groups in total. The molecule has 3 rings (SSSR count). The zero-order chi connectivity index (χ0) is 17.7. The quantitative estimate of drug-likeness (QED) is 0.851. The zero-order valence-electron chi connectivity index (χ0n) is 13.8. The van der Waals surface area contributed by atoms with E-state index in [4.69, 9.17) is 10.00 Å². The number of hydrogen-bond donors (Lipinski definition) is 1. The second kappa shape index (κ2) is 7.81. The molecule has 2 aromatic rings. The maximum atomic E-state index is 12.5. The molecule has 1 heterocycles. The summed E-state index contributed by atoms with van der Waals surface area (Å²) in [5.41, 5.74) is 2.07. The van der Waals surface area contributed by atoms with E-state index in [1.54, 1.807) is 24.3 Å². The molecule has 0 unspecified atom stereocenters. The van der Waals surface area contributed by atoms with Crippen molar-refractivity contribution in [1.82, 2.24) is 5.32 Å². The van der Waals surface area contributed by atoms with Gasteiger partial charge in [0.25, 0.3) is 5.91 Å². The van der Waals surface area contributed by atoms with Crippen molar-refractivity contribution in [2.45, 2.75) is 18.3 Å². The summed E-state index contributed by atoms with van der Waals surface area (Å²) in [6.45, 7) is 1.92. The lowest BCUT2D eigenvalue weighted by molar-refractivity contribution is 0.0487. The van der Waals surface area contributed by atoms with Crippen molar-refractivity contribution in [3.8, 4) is 6.07 Å². The predicted octanol–water partition coefficient (Wildman–Crippen LogP) is 3.80. The van der Waals surface area contributed by atoms with E-state index in [0.29, 0.717) is 30.9 Å². The van der Waals surface area contributed by atoms with Crippen LogP contribution in [0.1, 0.15) is 34.3 Å². The summed E-state index contributed by atoms with van der Waals surface area (Å²) in [5, 5.41) is 12.1. The summed E-state index contributed by atoms with van der Waals surface area (Å²) < 4.78 is 6.57. The number of nitriles is 1. The number of benzene rings is 2. The normalized spacial score (nSPS) is 16.0. The van der Waals surface area contributed by atoms with E-state index >= 15 is 0 Å². The first kappa shape index (κ1) is 17.7. The van der Waals surface area contributed by atoms with E-state index in [2.05, 4.69) is 39.4 Å². The van der Waals surface area contributed by atoms with Gasteiger partial charge in [0.05, 0.1) is 11.6 Å². The van der Waals surface area contributed by atoms with Gasteiger partial charge in [0.15, 0.2) is 0 Å². The molecule has 0 atom stereocenters. The standard InChI is InChI=1S/C20H19BrN2O2/c21-18-6-2-5-17(12-18)20(7-9-25-10-8-20)14-23-19(24)16-4-1-3-15(11-16)13-22/h1-6,11-12H,7-10,14H2,(H,23,24). The van der Waals surface area contributed by atoms with Crippen LogP contribution in [0.4, 0.5) is 0 Å². The largest absolute Gasteiger partial charge is 0.381 e. The molecule has 0 bridgehead atoms. The van der Waals surface area contributed by atoms with Crippen molar-refractivity contribution in [3.63, 3.8) is 0 Å². The first-order chi connectivity index (χ1) is 12.1. The minimum Gasteiger partial charge on any atom is -0.381 e. The number of halogens is 1. The summed E-state index contributed by atoms with van der Waals surface area (Å²) >= 11 is 3.54. The van der Waals surface area contributed by atoms with Crippen LogP contribution in [0.3, 0.4) is 0 Å². The Labute approximate surface area is 155 Å². The molecule has 0 aromatic heterocycles. The molecule has 1 saturated heterocycles. The Morgan fingerprint density at radius 1 is 1.20 bits per heavy atom. The van der Waals surface area contributed by atoms with Crippen LogP contribution in [-0.2, 0) is 10.2 Å². The van der Waals surface area contributed by atoms with Gasteiger partial charge in [-0.1, -0.05) is 34.1 Å². The zero-order valence-corrected chi connectivity index (χ0v) is 15.4. The maximum Gasteiger partial charge on any atom is 0.251 e. The molecule has 5 heteroatoms. The Bertz CT molecular complexity index is 807. The highest BCUT2D eigenvalue weighted by Gasteiger charge is 2.35. The highest BCUT2D eigenvalue weighted by molar-refractivity contribution is 9.10. The summed E-state index contributed by atoms with van der Waals surface area (Å²) in [6.07, 6.45) is 1.73. The fourth-order valence-electron chi connectivity index (χ4n) is 3.23. The fourth-order valence-corrected chi connectivity index (χ4v) is 3.63. The van der Waals surface area contributed by atoms with Gasteiger partial charge in [-0.2, -0.15) is 5.26 Å². The second-order valence-electron chi connectivity index (χ2n) is 6.28. The highest BCUT2D eigenvalue weighted by Crippen LogP contribution is 2.35. The average molecular weight is 399 g/mol. The van der Waals surface area contributed by atoms with Crippen molar-refractivity contribution in [1.29, 1.82) is 5.26 Å². The van der Waals surface area contributed by atoms with E-state index in [0.717, 1.165) is 17.3 Å². The van der Waals surface area contributed by atoms with Crippen LogP contribution in [0, 0.1) is 11.3 Å². The van der Waals surface area contributed by atoms with Crippen LogP contribution < -0.4 is 5.32 Å². The topological polar surface area (TPSA) is 62.1 Å². The molecular formula is C20H19BrN2O2. The molecule has 0 aliphatic carbocycles. The molecule has 1 aliphatic rings. The molecule has 128 valence electrons. The van der Waals surface area contributed by atoms with Gasteiger partial charge < -0.3 is 10.1 Å². The Balaban J connectivity index is 1.79. The van der Waals surface area contributed by atoms with Gasteiger partial charge in [0.1, 0.15) is 0 Å². The minimum atomic E-state index is -0.155. The van der Waals surface area contributed by atoms with E-state index in [1.807, 2.05) is 12.1 Å². The van der Waals surface area contributed by atoms with Crippen LogP contribution in [0.5, 0.6) is 0 Å². The Morgan fingerprint density at radius 3 is 2.68 bits per heavy atom. The molecule has 1 amide bonds. The number of hydrogen-bond acceptors (Lipinski definition) is 3. The first-order valence-electron chi connectivity index (χ1n) is 8.25. The van der Waals surface area contributed by atoms with Crippen molar-refractivity contribution < 1.29 is 9.53 Å². The van der Waals surface area contributed by atoms with Gasteiger partial charge in [-0.25, -0.2) is 0 Å². The second-order valence-corrected chi connectivity index (χ2v) is 7.19. The first-order valence-corrected chi connectivity index (χ1v) is 9.04. The highest BCUT2D eigenvalue weighted by atomic mass is 79.9. The molecule has 2 aromatic carbocycles. The van der Waals surface area contributed by atoms with Gasteiger partial charge in [-0.05, 0) is 48.7 Å². The minimum absolute atomic E-state index is 0.134. The number of ether oxygens (including phenoxy) is 1. The summed E-state index contributed by atoms with van der Waals surface area (Å²) in [5.74, 6) is -0.155. The number of nitrogens with one attached hydrogen (secondary N) is 1. The van der Waals surface area contributed by atoms with Gasteiger partial charge in [-0.15, -0.1) is 0 Å². The lowest BCUT2D eigenvalue weighted by Gasteiger charge is -2.38. The van der Waals surface area contributed by atoms with Crippen molar-refractivity contribution >= 4 is 21.8 Å². The third kappa shape index (κ3) is 4.09. The summed E-state index contributed by atoms with van der Waals surface area (Å²) in [7, 11) is 0. The van der Waals surface area contributed by atoms with Crippen molar-refractivity contribution in [2.75, 3.05) is 19.8 Å². The Kier molecular flexibility index (Phi) is 5.52. The average Bonchev–Trinajstić information content (AvgIpc) is 2.67. The van der Waals surface area contributed by atoms with Crippen molar-refractivity contribution in [3.05, 3.63) is 69.7 Å². The molecule has 4 nitrogen and oxygen atoms in total. The third-order valence-electron chi connectivity index (χ3n) is 4.73. The van der Waals surface area contributed by atoms with Crippen LogP contribution in [0.25, 0.3) is 0 Å². The maximum absolute atomic E-state index is 12.5. The van der Waals surface area contributed by atoms with Gasteiger partial charge >= 0.3 is 0 Å². The van der Waals surface area contributed by atoms with Gasteiger partial charge in [-0.3, -0.25) is 4.79 Å². The lowest BCUT2D eigenvalue weighted by atomic mass is 9.74. The van der Waals surface area contributed by atoms with Crippen LogP contribution in [-0.4, -0.2) is 25.7 Å². The lowest BCUT2D eigenvalue weighted by Crippen LogP contribution is -2.44. The van der Waals surface area contributed by atoms with Gasteiger partial charge in [0, 0.05) is 35.2 Å². The van der Waals surface area contributed by atoms with E-state index in [-0.39, 0.29) is 11.3 Å². The molecule has 25 heavy (non-hydrogen) atoms. The molecule has 0 spiro atoms. The Morgan fingerprint density at radius 2 is 1.96 bits per heavy atom. The van der Waals surface area contributed by atoms with Crippen LogP contribution in [0.15, 0.2) is 53.0 Å². The smallest absolute Gasteiger partial charge is 0.251 e. The number of carbonyl (C=O) groups excluding carboxylic acids is 1. The van der Waals surface area contributed by atoms with Crippen LogP contribution >= 0.6 is 15.9 Å². The van der Waals surface area contributed by atoms with E-state index < -0.39 is 0 Å². The number of nitrogens with zero attached hydrogens (tertiary/aromatic N) is 1. The monoisotopic (exact) mass is 398 g/mol. The van der Waals surface area contributed by atoms with E-state index in [1.165, 1.54) is 5.56 Å². The van der Waals surface area contributed by atoms with Crippen LogP contribution in [0.2, 0.25) is 0 Å². The van der Waals surface area contributed by atoms with Crippen molar-refractivity contribution in [2.24, 2.45) is 0 Å². The number of amides is 1. The molecule has 0 radical (unpaired) electrons. The molecule has 1 fully saturated rings. The number of carbonyl (C=O) groups is 1. The summed E-state index contributed by atoms with van der Waals surface area (Å²) in [4.78, 5) is 12.5. The van der Waals surface area contributed by atoms with E-state index in [9.17, 15) is 4.79 Å². The number of rotatable bonds is 4. The SMILES string of the molecule is N#Cc1cccc(C(=O)NCC2(c3cccc(Br)c3)CCOCC2)c1. The summed E-state index contributed by atoms with van der Waals surface area (Å²) in [6, 6.07) is 17.1. The Hall–Kier alpha value is -2.16. The fraction of sp³-hybridized carbons (Fsp3) is 0.300. The molecule has 1 aliphatic heterocycles. The van der Waals surface area contributed by atoms with Gasteiger partial charge in [0.2, 0.25) is 0 Å². The molecule has 0 saturated carbocycles. The third-order valence-corrected chi connectivity index (χ3v) is 5.22. The predicted molar refractivity (Wildman–Crippen MR) is 99.4 cm³/mol.